The van der Waals surface area contributed by atoms with Crippen molar-refractivity contribution in [2.45, 2.75) is 0 Å². The summed E-state index contributed by atoms with van der Waals surface area (Å²) < 4.78 is 0. The van der Waals surface area contributed by atoms with Gasteiger partial charge >= 0.3 is 0 Å². The molecule has 13 nitrogen and oxygen atoms in total. The molecule has 0 unspecified atom stereocenters. The molecule has 0 atom stereocenters. The van der Waals surface area contributed by atoms with E-state index in [0.29, 0.717) is 40.5 Å². The Morgan fingerprint density at radius 1 is 0.143 bits per heavy atom. The van der Waals surface area contributed by atoms with Crippen LogP contribution < -0.4 is 0 Å². The first-order valence-corrected chi connectivity index (χ1v) is 44.6. The van der Waals surface area contributed by atoms with Crippen LogP contribution in [0.25, 0.3) is 264 Å². The maximum absolute atomic E-state index is 10.9. The van der Waals surface area contributed by atoms with Gasteiger partial charge in [-0.05, 0) is 285 Å². The second kappa shape index (κ2) is 31.2. The molecule has 23 aromatic carbocycles. The van der Waals surface area contributed by atoms with E-state index in [1.165, 1.54) is 194 Å². The molecule has 3 aliphatic carbocycles. The van der Waals surface area contributed by atoms with Crippen LogP contribution in [0.5, 0.6) is 23.0 Å². The van der Waals surface area contributed by atoms with Gasteiger partial charge in [0.05, 0.1) is 5.56 Å². The standard InChI is InChI=1S/C41H23N3O2.C35H18ClN3.C19H9Cl2N3.C16H10.C6H6O2/c45-25-15-18-34(35(46)21-25)41-43-39(32-17-14-24-12-11-22-5-3-6-23-13-16-31(32)37(24)36(22)23)42-40(44-41)33-20-19-30-27-8-2-1-7-26(27)28-9-4-10-29(33)38(28)30;36-35-38-33(28-16-14-21-12-11-19-5-3-6-20-13-15-27(28)31(21)30(19)20)37-34(39-35)29-18-17-26-23-8-2-1-7-22(23)24-9-4-10-25(29)32(24)26;20-18-22-17(23-19(21)24-18)14-9-7-12-5-4-10-2-1-3-11-6-8-13(14)16(12)15(10)11;1-2-8-13-12(7-1)14-9-3-5-11-6-4-10-15(13)16(11)14;7-5-2-1-3-6(8)4-5/h1-21,45-46H;1-18H;1-9H;1-10H;1-4,7-8H. The Hall–Kier alpha value is -16.9. The van der Waals surface area contributed by atoms with E-state index in [9.17, 15) is 10.2 Å². The molecule has 3 aromatic heterocycles. The third kappa shape index (κ3) is 13.0. The largest absolute Gasteiger partial charge is 0.508 e. The Kier molecular flexibility index (Phi) is 18.4. The van der Waals surface area contributed by atoms with Gasteiger partial charge in [-0.15, -0.1) is 0 Å². The fraction of sp³-hybridized carbons (Fsp3) is 0. The topological polar surface area (TPSA) is 197 Å². The van der Waals surface area contributed by atoms with Crippen molar-refractivity contribution < 1.29 is 20.4 Å². The van der Waals surface area contributed by atoms with Gasteiger partial charge in [-0.3, -0.25) is 0 Å². The van der Waals surface area contributed by atoms with E-state index in [2.05, 4.69) is 353 Å². The zero-order valence-corrected chi connectivity index (χ0v) is 72.5. The molecule has 0 saturated carbocycles. The summed E-state index contributed by atoms with van der Waals surface area (Å²) >= 11 is 18.5. The number of nitrogens with zero attached hydrogens (tertiary/aromatic N) is 9. The van der Waals surface area contributed by atoms with E-state index in [1.807, 2.05) is 6.07 Å². The normalized spacial score (nSPS) is 11.8. The summed E-state index contributed by atoms with van der Waals surface area (Å²) in [7, 11) is 0. The number of benzene rings is 23. The molecule has 0 amide bonds. The van der Waals surface area contributed by atoms with Gasteiger partial charge in [0.2, 0.25) is 15.9 Å². The van der Waals surface area contributed by atoms with Crippen LogP contribution in [0, 0.1) is 0 Å². The molecule has 0 aliphatic heterocycles. The van der Waals surface area contributed by atoms with Gasteiger partial charge in [0.1, 0.15) is 23.0 Å². The SMILES string of the molecule is Clc1nc(-c2ccc3c4c(cccc24)-c2ccccc2-3)nc(-c2ccc3ccc4cccc5ccc2c3c45)n1.Clc1nc(Cl)nc(-c2ccc3ccc4cccc5ccc2c3c45)n1.Oc1ccc(-c2nc(-c3ccc4c5c(cccc35)-c3ccccc3-4)nc(-c3ccc4ccc5cccc6ccc3c4c56)n2)c(O)c1.Oc1cccc(O)c1.c1ccc2c(c1)-c1cccc3cccc-2c13. The highest BCUT2D eigenvalue weighted by Crippen LogP contribution is 2.54. The highest BCUT2D eigenvalue weighted by atomic mass is 35.5. The average Bonchev–Trinajstić information content (AvgIpc) is 1.69. The summed E-state index contributed by atoms with van der Waals surface area (Å²) in [6, 6.07) is 128. The van der Waals surface area contributed by atoms with Gasteiger partial charge in [0.15, 0.2) is 34.9 Å². The summed E-state index contributed by atoms with van der Waals surface area (Å²) in [6.07, 6.45) is 0. The number of phenols is 4. The van der Waals surface area contributed by atoms with Gasteiger partial charge in [-0.25, -0.2) is 19.9 Å². The van der Waals surface area contributed by atoms with Crippen molar-refractivity contribution in [1.82, 2.24) is 44.9 Å². The quantitative estimate of drug-likeness (QED) is 0.115. The predicted molar refractivity (Wildman–Crippen MR) is 544 cm³/mol. The van der Waals surface area contributed by atoms with Crippen LogP contribution in [-0.2, 0) is 0 Å². The summed E-state index contributed by atoms with van der Waals surface area (Å²) in [5.74, 6) is 3.03. The van der Waals surface area contributed by atoms with Gasteiger partial charge in [-0.1, -0.05) is 309 Å². The van der Waals surface area contributed by atoms with Crippen molar-refractivity contribution in [3.63, 3.8) is 0 Å². The van der Waals surface area contributed by atoms with Crippen molar-refractivity contribution in [2.75, 3.05) is 0 Å². The summed E-state index contributed by atoms with van der Waals surface area (Å²) in [6.45, 7) is 0. The molecule has 0 bridgehead atoms. The summed E-state index contributed by atoms with van der Waals surface area (Å²) in [5.41, 5.74) is 20.3. The maximum atomic E-state index is 10.9. The Morgan fingerprint density at radius 3 is 0.699 bits per heavy atom. The van der Waals surface area contributed by atoms with Gasteiger partial charge in [0.25, 0.3) is 0 Å². The smallest absolute Gasteiger partial charge is 0.227 e. The van der Waals surface area contributed by atoms with Crippen LogP contribution in [0.2, 0.25) is 15.9 Å². The van der Waals surface area contributed by atoms with Gasteiger partial charge in [-0.2, -0.15) is 24.9 Å². The molecule has 29 rings (SSSR count). The molecule has 0 saturated heterocycles. The van der Waals surface area contributed by atoms with E-state index in [4.69, 9.17) is 65.0 Å². The number of hydrogen-bond acceptors (Lipinski definition) is 13. The molecular weight excluding hydrogens is 1700 g/mol. The number of hydrogen-bond donors (Lipinski definition) is 4. The van der Waals surface area contributed by atoms with Crippen LogP contribution in [0.3, 0.4) is 0 Å². The van der Waals surface area contributed by atoms with Crippen molar-refractivity contribution in [3.8, 4) is 158 Å². The zero-order chi connectivity index (χ0) is 89.0. The molecule has 0 spiro atoms. The number of aromatic nitrogens is 9. The molecule has 4 N–H and O–H groups in total. The van der Waals surface area contributed by atoms with E-state index in [-0.39, 0.29) is 38.8 Å². The minimum absolute atomic E-state index is 0.0328. The van der Waals surface area contributed by atoms with Crippen LogP contribution >= 0.6 is 34.8 Å². The Bertz CT molecular complexity index is 9180. The van der Waals surface area contributed by atoms with Gasteiger partial charge < -0.3 is 20.4 Å². The lowest BCUT2D eigenvalue weighted by molar-refractivity contribution is 0.450. The molecule has 16 heteroatoms. The van der Waals surface area contributed by atoms with Crippen LogP contribution in [0.15, 0.2) is 376 Å². The second-order valence-electron chi connectivity index (χ2n) is 33.5. The van der Waals surface area contributed by atoms with Gasteiger partial charge in [0, 0.05) is 39.9 Å². The maximum Gasteiger partial charge on any atom is 0.227 e. The molecule has 133 heavy (non-hydrogen) atoms. The molecule has 26 aromatic rings. The molecule has 3 heterocycles. The van der Waals surface area contributed by atoms with Crippen molar-refractivity contribution >= 4 is 164 Å². The highest BCUT2D eigenvalue weighted by Gasteiger charge is 2.29. The van der Waals surface area contributed by atoms with E-state index in [1.54, 1.807) is 12.1 Å². The third-order valence-electron chi connectivity index (χ3n) is 26.2. The minimum atomic E-state index is -0.102. The number of halogens is 3. The van der Waals surface area contributed by atoms with Crippen molar-refractivity contribution in [2.24, 2.45) is 0 Å². The molecule has 624 valence electrons. The first-order chi connectivity index (χ1) is 65.3. The first kappa shape index (κ1) is 78.3. The third-order valence-corrected chi connectivity index (χ3v) is 26.7. The molecule has 3 aliphatic rings. The first-order valence-electron chi connectivity index (χ1n) is 43.5. The van der Waals surface area contributed by atoms with E-state index >= 15 is 0 Å². The molecular formula is C117H66Cl3N9O4. The van der Waals surface area contributed by atoms with E-state index in [0.717, 1.165) is 60.1 Å². The second-order valence-corrected chi connectivity index (χ2v) is 34.5. The summed E-state index contributed by atoms with van der Waals surface area (Å²) in [4.78, 5) is 41.7. The fourth-order valence-electron chi connectivity index (χ4n) is 20.5. The Morgan fingerprint density at radius 2 is 0.361 bits per heavy atom. The number of rotatable bonds is 6. The lowest BCUT2D eigenvalue weighted by Gasteiger charge is -2.15. The lowest BCUT2D eigenvalue weighted by Crippen LogP contribution is -2.01. The number of aromatic hydroxyl groups is 4. The van der Waals surface area contributed by atoms with Crippen molar-refractivity contribution in [3.05, 3.63) is 392 Å². The number of phenolic OH excluding ortho intramolecular Hbond substituents is 4. The van der Waals surface area contributed by atoms with Crippen LogP contribution in [0.4, 0.5) is 0 Å². The zero-order valence-electron chi connectivity index (χ0n) is 70.2. The van der Waals surface area contributed by atoms with Crippen LogP contribution in [0.1, 0.15) is 0 Å². The Labute approximate surface area is 773 Å². The lowest BCUT2D eigenvalue weighted by atomic mass is 9.92. The molecule has 0 fully saturated rings. The average molecular weight is 1770 g/mol. The van der Waals surface area contributed by atoms with Crippen LogP contribution in [-0.4, -0.2) is 65.3 Å². The van der Waals surface area contributed by atoms with Crippen molar-refractivity contribution in [1.29, 1.82) is 0 Å². The summed E-state index contributed by atoms with van der Waals surface area (Å²) in [5, 5.41) is 67.4. The predicted octanol–water partition coefficient (Wildman–Crippen LogP) is 30.9. The fourth-order valence-corrected chi connectivity index (χ4v) is 21.0. The highest BCUT2D eigenvalue weighted by molar-refractivity contribution is 6.33. The molecule has 0 radical (unpaired) electrons. The van der Waals surface area contributed by atoms with E-state index < -0.39 is 0 Å². The minimum Gasteiger partial charge on any atom is -0.508 e. The Balaban J connectivity index is 0.0000000975. The monoisotopic (exact) mass is 1770 g/mol. The number of fused-ring (bicyclic) bond motifs is 9.